The molecule has 7 nitrogen and oxygen atoms in total. The minimum atomic E-state index is -0.752. The third-order valence-corrected chi connectivity index (χ3v) is 11.7. The zero-order valence-electron chi connectivity index (χ0n) is 22.4. The predicted molar refractivity (Wildman–Crippen MR) is 149 cm³/mol. The second-order valence-corrected chi connectivity index (χ2v) is 13.5. The van der Waals surface area contributed by atoms with E-state index in [0.717, 1.165) is 51.4 Å². The van der Waals surface area contributed by atoms with Crippen LogP contribution in [-0.4, -0.2) is 76.0 Å². The number of hydrogen-bond acceptors (Lipinski definition) is 7. The summed E-state index contributed by atoms with van der Waals surface area (Å²) in [5.74, 6) is 1.84. The minimum Gasteiger partial charge on any atom is -0.390 e. The Labute approximate surface area is 229 Å². The van der Waals surface area contributed by atoms with Crippen LogP contribution in [0.2, 0.25) is 0 Å². The molecule has 5 aliphatic rings. The third-order valence-electron chi connectivity index (χ3n) is 10.9. The third kappa shape index (κ3) is 3.93. The van der Waals surface area contributed by atoms with Crippen molar-refractivity contribution in [2.24, 2.45) is 35.5 Å². The van der Waals surface area contributed by atoms with Crippen LogP contribution >= 0.6 is 11.5 Å². The summed E-state index contributed by atoms with van der Waals surface area (Å²) in [6.45, 7) is 7.69. The molecule has 2 aliphatic heterocycles. The highest BCUT2D eigenvalue weighted by atomic mass is 32.1. The summed E-state index contributed by atoms with van der Waals surface area (Å²) in [6, 6.07) is 8.50. The van der Waals surface area contributed by atoms with Gasteiger partial charge in [-0.3, -0.25) is 19.4 Å². The molecular weight excluding hydrogens is 496 g/mol. The molecule has 1 unspecified atom stereocenters. The van der Waals surface area contributed by atoms with E-state index in [0.29, 0.717) is 31.2 Å². The van der Waals surface area contributed by atoms with Crippen molar-refractivity contribution in [3.8, 4) is 0 Å². The molecule has 3 heterocycles. The second kappa shape index (κ2) is 9.56. The number of aromatic nitrogens is 1. The summed E-state index contributed by atoms with van der Waals surface area (Å²) >= 11 is 1.58. The number of fused-ring (bicyclic) bond motifs is 6. The maximum Gasteiger partial charge on any atom is 0.233 e. The molecule has 204 valence electrons. The summed E-state index contributed by atoms with van der Waals surface area (Å²) in [7, 11) is 0. The number of nitrogens with zero attached hydrogens (tertiary/aromatic N) is 4. The Bertz CT molecular complexity index is 1230. The molecule has 3 saturated carbocycles. The number of imide groups is 1. The van der Waals surface area contributed by atoms with Crippen LogP contribution in [0.3, 0.4) is 0 Å². The molecule has 38 heavy (non-hydrogen) atoms. The number of likely N-dealkylation sites (tertiary alicyclic amines) is 1. The van der Waals surface area contributed by atoms with E-state index in [9.17, 15) is 14.7 Å². The van der Waals surface area contributed by atoms with E-state index in [1.54, 1.807) is 16.4 Å². The SMILES string of the molecule is CC[C@@]1(O)C[C@H]2C[C@@H]1[C@@H]1C(=O)N(C[C@@H]3CCCCC3CN3CCN(c4nsc5ccccc45)CC3)C(=O)[C@H]21. The predicted octanol–water partition coefficient (Wildman–Crippen LogP) is 4.01. The highest BCUT2D eigenvalue weighted by Gasteiger charge is 2.67. The van der Waals surface area contributed by atoms with Crippen molar-refractivity contribution in [2.75, 3.05) is 44.2 Å². The molecule has 5 fully saturated rings. The number of carbonyl (C=O) groups is 2. The molecular formula is C30H40N4O3S. The van der Waals surface area contributed by atoms with E-state index in [2.05, 4.69) is 34.1 Å². The Morgan fingerprint density at radius 3 is 2.47 bits per heavy atom. The number of piperazine rings is 1. The number of benzene rings is 1. The number of amides is 2. The monoisotopic (exact) mass is 536 g/mol. The number of carbonyl (C=O) groups excluding carboxylic acids is 2. The molecule has 2 amide bonds. The molecule has 3 aliphatic carbocycles. The topological polar surface area (TPSA) is 77.0 Å². The van der Waals surface area contributed by atoms with Gasteiger partial charge in [0, 0.05) is 50.6 Å². The summed E-state index contributed by atoms with van der Waals surface area (Å²) < 4.78 is 6.01. The lowest BCUT2D eigenvalue weighted by atomic mass is 9.71. The molecule has 8 heteroatoms. The van der Waals surface area contributed by atoms with Crippen molar-refractivity contribution < 1.29 is 14.7 Å². The van der Waals surface area contributed by atoms with Crippen LogP contribution in [0.1, 0.15) is 51.9 Å². The van der Waals surface area contributed by atoms with Crippen LogP contribution in [0, 0.1) is 35.5 Å². The first kappa shape index (κ1) is 25.0. The minimum absolute atomic E-state index is 0.0208. The van der Waals surface area contributed by atoms with Gasteiger partial charge in [0.1, 0.15) is 5.82 Å². The molecule has 7 atom stereocenters. The average molecular weight is 537 g/mol. The molecule has 1 aromatic carbocycles. The largest absolute Gasteiger partial charge is 0.390 e. The van der Waals surface area contributed by atoms with Crippen LogP contribution in [0.4, 0.5) is 5.82 Å². The molecule has 2 aromatic rings. The van der Waals surface area contributed by atoms with Gasteiger partial charge in [-0.25, -0.2) is 0 Å². The van der Waals surface area contributed by atoms with Gasteiger partial charge in [-0.05, 0) is 73.5 Å². The average Bonchev–Trinajstić information content (AvgIpc) is 3.68. The van der Waals surface area contributed by atoms with Gasteiger partial charge >= 0.3 is 0 Å². The normalized spacial score (nSPS) is 37.5. The molecule has 1 N–H and O–H groups in total. The molecule has 2 saturated heterocycles. The van der Waals surface area contributed by atoms with Crippen molar-refractivity contribution in [3.05, 3.63) is 24.3 Å². The summed E-state index contributed by atoms with van der Waals surface area (Å²) in [5.41, 5.74) is -0.752. The second-order valence-electron chi connectivity index (χ2n) is 12.7. The summed E-state index contributed by atoms with van der Waals surface area (Å²) in [5, 5.41) is 12.4. The lowest BCUT2D eigenvalue weighted by Gasteiger charge is -2.40. The number of anilines is 1. The fourth-order valence-corrected chi connectivity index (χ4v) is 9.64. The van der Waals surface area contributed by atoms with E-state index >= 15 is 0 Å². The van der Waals surface area contributed by atoms with Gasteiger partial charge in [0.2, 0.25) is 11.8 Å². The number of hydrogen-bond donors (Lipinski definition) is 1. The Kier molecular flexibility index (Phi) is 6.28. The van der Waals surface area contributed by atoms with E-state index in [1.165, 1.54) is 29.3 Å². The molecule has 7 rings (SSSR count). The van der Waals surface area contributed by atoms with Gasteiger partial charge in [-0.2, -0.15) is 4.37 Å². The fraction of sp³-hybridized carbons (Fsp3) is 0.700. The van der Waals surface area contributed by atoms with E-state index in [1.807, 2.05) is 6.92 Å². The standard InChI is InChI=1S/C30H40N4O3S/c1-2-30(37)16-21-15-23(30)26-25(21)28(35)34(29(26)36)18-20-8-4-3-7-19(20)17-32-11-13-33(14-12-32)27-22-9-5-6-10-24(22)38-31-27/h5-6,9-10,19-21,23,25-26,37H,2-4,7-8,11-18H2,1H3/t19?,20-,21+,23+,25+,26-,30+/m0/s1. The quantitative estimate of drug-likeness (QED) is 0.563. The molecule has 2 bridgehead atoms. The number of aliphatic hydroxyl groups is 1. The van der Waals surface area contributed by atoms with Crippen LogP contribution < -0.4 is 4.90 Å². The highest BCUT2D eigenvalue weighted by molar-refractivity contribution is 7.13. The summed E-state index contributed by atoms with van der Waals surface area (Å²) in [4.78, 5) is 33.7. The van der Waals surface area contributed by atoms with Crippen LogP contribution in [0.25, 0.3) is 10.1 Å². The van der Waals surface area contributed by atoms with Crippen LogP contribution in [0.5, 0.6) is 0 Å². The van der Waals surface area contributed by atoms with Crippen molar-refractivity contribution in [3.63, 3.8) is 0 Å². The maximum absolute atomic E-state index is 13.6. The Morgan fingerprint density at radius 1 is 1.00 bits per heavy atom. The van der Waals surface area contributed by atoms with E-state index < -0.39 is 5.60 Å². The maximum atomic E-state index is 13.6. The first-order valence-electron chi connectivity index (χ1n) is 14.9. The summed E-state index contributed by atoms with van der Waals surface area (Å²) in [6.07, 6.45) is 6.94. The number of rotatable bonds is 6. The first-order chi connectivity index (χ1) is 18.5. The first-order valence-corrected chi connectivity index (χ1v) is 15.6. The van der Waals surface area contributed by atoms with Crippen molar-refractivity contribution >= 4 is 39.3 Å². The Morgan fingerprint density at radius 2 is 1.71 bits per heavy atom. The Balaban J connectivity index is 0.991. The zero-order chi connectivity index (χ0) is 26.0. The van der Waals surface area contributed by atoms with Crippen molar-refractivity contribution in [1.82, 2.24) is 14.2 Å². The van der Waals surface area contributed by atoms with Gasteiger partial charge in [0.05, 0.1) is 22.1 Å². The van der Waals surface area contributed by atoms with Gasteiger partial charge in [-0.15, -0.1) is 0 Å². The van der Waals surface area contributed by atoms with Crippen molar-refractivity contribution in [1.29, 1.82) is 0 Å². The van der Waals surface area contributed by atoms with E-state index in [-0.39, 0.29) is 35.5 Å². The van der Waals surface area contributed by atoms with Crippen LogP contribution in [-0.2, 0) is 9.59 Å². The lowest BCUT2D eigenvalue weighted by Crippen LogP contribution is -2.49. The zero-order valence-corrected chi connectivity index (χ0v) is 23.2. The van der Waals surface area contributed by atoms with Gasteiger partial charge in [0.25, 0.3) is 0 Å². The van der Waals surface area contributed by atoms with Crippen LogP contribution in [0.15, 0.2) is 24.3 Å². The smallest absolute Gasteiger partial charge is 0.233 e. The highest BCUT2D eigenvalue weighted by Crippen LogP contribution is 2.61. The van der Waals surface area contributed by atoms with E-state index in [4.69, 9.17) is 4.37 Å². The van der Waals surface area contributed by atoms with Crippen molar-refractivity contribution in [2.45, 2.75) is 57.5 Å². The molecule has 1 aromatic heterocycles. The molecule has 0 radical (unpaired) electrons. The van der Waals surface area contributed by atoms with Gasteiger partial charge < -0.3 is 10.0 Å². The molecule has 0 spiro atoms. The fourth-order valence-electron chi connectivity index (χ4n) is 8.84. The lowest BCUT2D eigenvalue weighted by molar-refractivity contribution is -0.142. The van der Waals surface area contributed by atoms with Gasteiger partial charge in [-0.1, -0.05) is 31.9 Å². The van der Waals surface area contributed by atoms with Gasteiger partial charge in [0.15, 0.2) is 0 Å². The Hall–Kier alpha value is -2.03.